The van der Waals surface area contributed by atoms with Gasteiger partial charge in [-0.25, -0.2) is 18.5 Å². The summed E-state index contributed by atoms with van der Waals surface area (Å²) in [4.78, 5) is 3.73. The Morgan fingerprint density at radius 2 is 1.96 bits per heavy atom. The van der Waals surface area contributed by atoms with Crippen LogP contribution < -0.4 is 0 Å². The molecule has 2 aromatic rings. The van der Waals surface area contributed by atoms with E-state index in [0.29, 0.717) is 25.9 Å². The molecule has 1 fully saturated rings. The Kier molecular flexibility index (Phi) is 4.41. The number of piperidine rings is 1. The molecule has 1 saturated heterocycles. The predicted octanol–water partition coefficient (Wildman–Crippen LogP) is 1.51. The monoisotopic (exact) mass is 331 g/mol. The first-order chi connectivity index (χ1) is 11.1. The van der Waals surface area contributed by atoms with Gasteiger partial charge in [-0.1, -0.05) is 30.3 Å². The van der Waals surface area contributed by atoms with Crippen LogP contribution in [-0.2, 0) is 10.0 Å². The Hall–Kier alpha value is -2.24. The Labute approximate surface area is 135 Å². The van der Waals surface area contributed by atoms with E-state index in [2.05, 4.69) is 21.3 Å². The summed E-state index contributed by atoms with van der Waals surface area (Å²) in [6.07, 6.45) is 2.49. The lowest BCUT2D eigenvalue weighted by Crippen LogP contribution is -2.40. The van der Waals surface area contributed by atoms with E-state index in [1.54, 1.807) is 0 Å². The normalized spacial score (nSPS) is 18.4. The maximum absolute atomic E-state index is 12.4. The van der Waals surface area contributed by atoms with E-state index in [0.717, 1.165) is 5.56 Å². The molecule has 1 aromatic heterocycles. The summed E-state index contributed by atoms with van der Waals surface area (Å²) in [5.41, 5.74) is 0.992. The van der Waals surface area contributed by atoms with Crippen LogP contribution in [0.5, 0.6) is 0 Å². The lowest BCUT2D eigenvalue weighted by Gasteiger charge is -2.32. The van der Waals surface area contributed by atoms with Crippen LogP contribution in [0.25, 0.3) is 0 Å². The lowest BCUT2D eigenvalue weighted by molar-refractivity contribution is 0.260. The Balaban J connectivity index is 1.70. The number of nitrogens with one attached hydrogen (secondary N) is 1. The van der Waals surface area contributed by atoms with E-state index in [9.17, 15) is 13.7 Å². The fourth-order valence-electron chi connectivity index (χ4n) is 3.00. The van der Waals surface area contributed by atoms with E-state index in [4.69, 9.17) is 0 Å². The first-order valence-electron chi connectivity index (χ1n) is 7.43. The average molecular weight is 331 g/mol. The number of benzene rings is 1. The zero-order valence-corrected chi connectivity index (χ0v) is 13.3. The van der Waals surface area contributed by atoms with Gasteiger partial charge in [-0.2, -0.15) is 14.7 Å². The summed E-state index contributed by atoms with van der Waals surface area (Å²) < 4.78 is 26.2. The van der Waals surface area contributed by atoms with Crippen molar-refractivity contribution in [2.75, 3.05) is 13.1 Å². The molecule has 2 heterocycles. The Bertz CT molecular complexity index is 775. The second kappa shape index (κ2) is 6.48. The van der Waals surface area contributed by atoms with E-state index < -0.39 is 10.0 Å². The Morgan fingerprint density at radius 3 is 2.52 bits per heavy atom. The summed E-state index contributed by atoms with van der Waals surface area (Å²) in [7, 11) is -3.62. The molecule has 0 saturated carbocycles. The van der Waals surface area contributed by atoms with Crippen LogP contribution in [0.3, 0.4) is 0 Å². The molecule has 1 aliphatic heterocycles. The summed E-state index contributed by atoms with van der Waals surface area (Å²) in [5.74, 6) is -0.0464. The minimum Gasteiger partial charge on any atom is -0.249 e. The maximum atomic E-state index is 12.4. The fraction of sp³-hybridized carbons (Fsp3) is 0.400. The molecule has 1 aromatic carbocycles. The largest absolute Gasteiger partial charge is 0.278 e. The number of sulfonamides is 1. The van der Waals surface area contributed by atoms with Crippen LogP contribution in [0.1, 0.15) is 24.3 Å². The van der Waals surface area contributed by atoms with Gasteiger partial charge in [0.15, 0.2) is 0 Å². The van der Waals surface area contributed by atoms with Crippen molar-refractivity contribution in [1.29, 1.82) is 5.26 Å². The molecule has 1 N–H and O–H groups in total. The number of hydrogen-bond donors (Lipinski definition) is 1. The molecule has 3 rings (SSSR count). The molecule has 0 aliphatic carbocycles. The average Bonchev–Trinajstić information content (AvgIpc) is 3.12. The molecule has 23 heavy (non-hydrogen) atoms. The van der Waals surface area contributed by atoms with Crippen molar-refractivity contribution < 1.29 is 8.42 Å². The summed E-state index contributed by atoms with van der Waals surface area (Å²) in [6, 6.07) is 12.0. The van der Waals surface area contributed by atoms with Crippen LogP contribution in [0.2, 0.25) is 0 Å². The molecule has 1 atom stereocenters. The number of nitriles is 1. The third-order valence-electron chi connectivity index (χ3n) is 4.24. The van der Waals surface area contributed by atoms with Crippen molar-refractivity contribution in [3.8, 4) is 6.07 Å². The number of aromatic nitrogens is 3. The van der Waals surface area contributed by atoms with E-state index in [1.807, 2.05) is 30.3 Å². The van der Waals surface area contributed by atoms with Gasteiger partial charge in [-0.3, -0.25) is 0 Å². The zero-order chi connectivity index (χ0) is 16.3. The molecule has 0 amide bonds. The van der Waals surface area contributed by atoms with Gasteiger partial charge >= 0.3 is 0 Å². The van der Waals surface area contributed by atoms with E-state index >= 15 is 0 Å². The molecule has 1 unspecified atom stereocenters. The summed E-state index contributed by atoms with van der Waals surface area (Å²) in [5, 5.41) is 15.4. The molecule has 7 nitrogen and oxygen atoms in total. The van der Waals surface area contributed by atoms with Crippen molar-refractivity contribution in [2.24, 2.45) is 5.92 Å². The molecule has 8 heteroatoms. The number of hydrogen-bond acceptors (Lipinski definition) is 5. The Morgan fingerprint density at radius 1 is 1.26 bits per heavy atom. The predicted molar refractivity (Wildman–Crippen MR) is 82.7 cm³/mol. The molecule has 0 radical (unpaired) electrons. The minimum atomic E-state index is -3.62. The van der Waals surface area contributed by atoms with Crippen molar-refractivity contribution in [3.05, 3.63) is 42.2 Å². The van der Waals surface area contributed by atoms with Crippen molar-refractivity contribution in [1.82, 2.24) is 19.5 Å². The third-order valence-corrected chi connectivity index (χ3v) is 5.98. The lowest BCUT2D eigenvalue weighted by atomic mass is 9.81. The highest BCUT2D eigenvalue weighted by molar-refractivity contribution is 7.88. The molecule has 120 valence electrons. The standard InChI is InChI=1S/C15H17N5O2S/c16-10-14(12-4-2-1-3-5-12)13-6-8-20(9-7-13)23(21,22)15-17-11-18-19-15/h1-5,11,13-14H,6-9H2,(H,17,18,19). The van der Waals surface area contributed by atoms with Gasteiger partial charge in [0.25, 0.3) is 15.2 Å². The van der Waals surface area contributed by atoms with Gasteiger partial charge in [-0.15, -0.1) is 0 Å². The summed E-state index contributed by atoms with van der Waals surface area (Å²) >= 11 is 0. The topological polar surface area (TPSA) is 103 Å². The molecular weight excluding hydrogens is 314 g/mol. The molecule has 1 aliphatic rings. The minimum absolute atomic E-state index is 0.129. The van der Waals surface area contributed by atoms with Crippen LogP contribution in [0.15, 0.2) is 41.8 Å². The maximum Gasteiger partial charge on any atom is 0.278 e. The highest BCUT2D eigenvalue weighted by Gasteiger charge is 2.34. The van der Waals surface area contributed by atoms with Gasteiger partial charge in [0.05, 0.1) is 12.0 Å². The van der Waals surface area contributed by atoms with Crippen LogP contribution in [0, 0.1) is 17.2 Å². The number of rotatable bonds is 4. The van der Waals surface area contributed by atoms with Gasteiger partial charge < -0.3 is 0 Å². The first-order valence-corrected chi connectivity index (χ1v) is 8.87. The van der Waals surface area contributed by atoms with Crippen molar-refractivity contribution >= 4 is 10.0 Å². The second-order valence-corrected chi connectivity index (χ2v) is 7.40. The van der Waals surface area contributed by atoms with Gasteiger partial charge in [0.1, 0.15) is 6.33 Å². The number of nitrogens with zero attached hydrogens (tertiary/aromatic N) is 4. The molecule has 0 spiro atoms. The highest BCUT2D eigenvalue weighted by Crippen LogP contribution is 2.33. The van der Waals surface area contributed by atoms with Crippen molar-refractivity contribution in [2.45, 2.75) is 23.9 Å². The van der Waals surface area contributed by atoms with Gasteiger partial charge in [0.2, 0.25) is 0 Å². The molecule has 0 bridgehead atoms. The van der Waals surface area contributed by atoms with Crippen LogP contribution in [-0.4, -0.2) is 41.0 Å². The zero-order valence-electron chi connectivity index (χ0n) is 12.5. The summed E-state index contributed by atoms with van der Waals surface area (Å²) in [6.45, 7) is 0.775. The van der Waals surface area contributed by atoms with Crippen molar-refractivity contribution in [3.63, 3.8) is 0 Å². The quantitative estimate of drug-likeness (QED) is 0.915. The van der Waals surface area contributed by atoms with Crippen LogP contribution >= 0.6 is 0 Å². The number of aromatic amines is 1. The number of H-pyrrole nitrogens is 1. The van der Waals surface area contributed by atoms with Gasteiger partial charge in [0, 0.05) is 13.1 Å². The van der Waals surface area contributed by atoms with Gasteiger partial charge in [-0.05, 0) is 24.3 Å². The highest BCUT2D eigenvalue weighted by atomic mass is 32.2. The van der Waals surface area contributed by atoms with E-state index in [1.165, 1.54) is 10.6 Å². The molecular formula is C15H17N5O2S. The third kappa shape index (κ3) is 3.11. The smallest absolute Gasteiger partial charge is 0.249 e. The van der Waals surface area contributed by atoms with Crippen LogP contribution in [0.4, 0.5) is 0 Å². The second-order valence-electron chi connectivity index (χ2n) is 5.55. The van der Waals surface area contributed by atoms with E-state index in [-0.39, 0.29) is 17.0 Å². The fourth-order valence-corrected chi connectivity index (χ4v) is 4.29. The SMILES string of the molecule is N#CC(c1ccccc1)C1CCN(S(=O)(=O)c2ncn[nH]2)CC1. The first kappa shape index (κ1) is 15.6.